The Balaban J connectivity index is 2.49. The molecule has 1 aromatic rings. The second kappa shape index (κ2) is 8.82. The summed E-state index contributed by atoms with van der Waals surface area (Å²) in [6, 6.07) is 9.93. The molecular weight excluding hydrogens is 218 g/mol. The lowest BCUT2D eigenvalue weighted by molar-refractivity contribution is 1.52. The minimum absolute atomic E-state index is 0.768. The van der Waals surface area contributed by atoms with Crippen molar-refractivity contribution in [2.75, 3.05) is 0 Å². The van der Waals surface area contributed by atoms with Crippen molar-refractivity contribution >= 4 is 5.70 Å². The van der Waals surface area contributed by atoms with Gasteiger partial charge in [-0.15, -0.1) is 0 Å². The number of benzene rings is 1. The molecule has 1 heteroatoms. The van der Waals surface area contributed by atoms with Crippen LogP contribution in [-0.4, -0.2) is 0 Å². The molecular formula is C17H19N. The zero-order valence-corrected chi connectivity index (χ0v) is 10.7. The zero-order chi connectivity index (χ0) is 13.1. The van der Waals surface area contributed by atoms with Gasteiger partial charge in [0.05, 0.1) is 0 Å². The molecule has 0 aliphatic rings. The molecule has 0 saturated heterocycles. The molecule has 0 bridgehead atoms. The van der Waals surface area contributed by atoms with Crippen molar-refractivity contribution in [3.05, 3.63) is 90.6 Å². The van der Waals surface area contributed by atoms with Crippen molar-refractivity contribution < 1.29 is 0 Å². The minimum atomic E-state index is 0.768. The average Bonchev–Trinajstić information content (AvgIpc) is 2.42. The Morgan fingerprint density at radius 1 is 0.833 bits per heavy atom. The Morgan fingerprint density at radius 3 is 2.00 bits per heavy atom. The molecule has 2 N–H and O–H groups in total. The van der Waals surface area contributed by atoms with E-state index in [1.54, 1.807) is 0 Å². The summed E-state index contributed by atoms with van der Waals surface area (Å²) in [6.45, 7) is 1.99. The largest absolute Gasteiger partial charge is 0.398 e. The quantitative estimate of drug-likeness (QED) is 0.762. The first-order valence-corrected chi connectivity index (χ1v) is 5.98. The molecule has 0 aromatic heterocycles. The fourth-order valence-corrected chi connectivity index (χ4v) is 1.32. The minimum Gasteiger partial charge on any atom is -0.398 e. The summed E-state index contributed by atoms with van der Waals surface area (Å²) in [5, 5.41) is 0. The molecule has 1 nitrogen and oxygen atoms in total. The van der Waals surface area contributed by atoms with E-state index >= 15 is 0 Å². The summed E-state index contributed by atoms with van der Waals surface area (Å²) in [6.07, 6.45) is 17.7. The van der Waals surface area contributed by atoms with Gasteiger partial charge in [-0.3, -0.25) is 0 Å². The summed E-state index contributed by atoms with van der Waals surface area (Å²) in [7, 11) is 0. The smallest absolute Gasteiger partial charge is 0.0387 e. The molecule has 0 fully saturated rings. The number of rotatable bonds is 5. The van der Waals surface area contributed by atoms with Crippen molar-refractivity contribution in [3.8, 4) is 0 Å². The maximum absolute atomic E-state index is 5.94. The van der Waals surface area contributed by atoms with Crippen molar-refractivity contribution in [2.45, 2.75) is 6.92 Å². The molecule has 0 saturated carbocycles. The van der Waals surface area contributed by atoms with Crippen LogP contribution in [-0.2, 0) is 0 Å². The highest BCUT2D eigenvalue weighted by atomic mass is 14.6. The van der Waals surface area contributed by atoms with E-state index in [1.165, 1.54) is 0 Å². The van der Waals surface area contributed by atoms with Crippen LogP contribution in [0, 0.1) is 0 Å². The molecule has 1 aromatic carbocycles. The van der Waals surface area contributed by atoms with Gasteiger partial charge in [0.2, 0.25) is 0 Å². The standard InChI is InChI=1S/C17H19N/c1-2-3-4-5-6-7-8-12-15-17(18)16-13-10-9-11-14-16/h2-15H,18H2,1H3/b3-2+,5-4+,7-6-,12-8-,17-15-. The molecule has 0 unspecified atom stereocenters. The summed E-state index contributed by atoms with van der Waals surface area (Å²) in [4.78, 5) is 0. The highest BCUT2D eigenvalue weighted by Crippen LogP contribution is 2.07. The fourth-order valence-electron chi connectivity index (χ4n) is 1.32. The summed E-state index contributed by atoms with van der Waals surface area (Å²) in [5.41, 5.74) is 7.75. The van der Waals surface area contributed by atoms with Gasteiger partial charge < -0.3 is 5.73 Å². The topological polar surface area (TPSA) is 26.0 Å². The Hall–Kier alpha value is -2.28. The first kappa shape index (κ1) is 13.8. The molecule has 1 rings (SSSR count). The van der Waals surface area contributed by atoms with E-state index in [4.69, 9.17) is 5.73 Å². The molecule has 0 radical (unpaired) electrons. The van der Waals surface area contributed by atoms with Crippen LogP contribution in [0.15, 0.2) is 85.0 Å². The second-order valence-corrected chi connectivity index (χ2v) is 3.67. The van der Waals surface area contributed by atoms with E-state index in [0.717, 1.165) is 11.3 Å². The first-order chi connectivity index (χ1) is 8.84. The maximum Gasteiger partial charge on any atom is 0.0387 e. The van der Waals surface area contributed by atoms with Crippen LogP contribution < -0.4 is 5.73 Å². The Labute approximate surface area is 109 Å². The summed E-state index contributed by atoms with van der Waals surface area (Å²) < 4.78 is 0. The van der Waals surface area contributed by atoms with Gasteiger partial charge in [-0.2, -0.15) is 0 Å². The monoisotopic (exact) mass is 237 g/mol. The molecule has 0 spiro atoms. The number of allylic oxidation sites excluding steroid dienone is 9. The van der Waals surface area contributed by atoms with E-state index in [0.29, 0.717) is 0 Å². The zero-order valence-electron chi connectivity index (χ0n) is 10.7. The highest BCUT2D eigenvalue weighted by molar-refractivity contribution is 5.63. The van der Waals surface area contributed by atoms with E-state index in [9.17, 15) is 0 Å². The third kappa shape index (κ3) is 5.71. The van der Waals surface area contributed by atoms with Gasteiger partial charge in [0.1, 0.15) is 0 Å². The van der Waals surface area contributed by atoms with Crippen molar-refractivity contribution in [1.29, 1.82) is 0 Å². The Morgan fingerprint density at radius 2 is 1.39 bits per heavy atom. The van der Waals surface area contributed by atoms with E-state index in [-0.39, 0.29) is 0 Å². The van der Waals surface area contributed by atoms with Crippen LogP contribution in [0.2, 0.25) is 0 Å². The average molecular weight is 237 g/mol. The van der Waals surface area contributed by atoms with Crippen LogP contribution in [0.3, 0.4) is 0 Å². The molecule has 92 valence electrons. The molecule has 18 heavy (non-hydrogen) atoms. The maximum atomic E-state index is 5.94. The van der Waals surface area contributed by atoms with Crippen molar-refractivity contribution in [2.24, 2.45) is 5.73 Å². The van der Waals surface area contributed by atoms with Crippen molar-refractivity contribution in [3.63, 3.8) is 0 Å². The lowest BCUT2D eigenvalue weighted by Gasteiger charge is -1.98. The third-order valence-corrected chi connectivity index (χ3v) is 2.24. The van der Waals surface area contributed by atoms with Crippen LogP contribution in [0.25, 0.3) is 5.70 Å². The number of hydrogen-bond acceptors (Lipinski definition) is 1. The second-order valence-electron chi connectivity index (χ2n) is 3.67. The van der Waals surface area contributed by atoms with Gasteiger partial charge in [-0.25, -0.2) is 0 Å². The van der Waals surface area contributed by atoms with Crippen LogP contribution in [0.5, 0.6) is 0 Å². The third-order valence-electron chi connectivity index (χ3n) is 2.24. The van der Waals surface area contributed by atoms with Crippen molar-refractivity contribution in [1.82, 2.24) is 0 Å². The van der Waals surface area contributed by atoms with Gasteiger partial charge >= 0.3 is 0 Å². The van der Waals surface area contributed by atoms with Crippen LogP contribution in [0.1, 0.15) is 12.5 Å². The van der Waals surface area contributed by atoms with Gasteiger partial charge in [-0.05, 0) is 18.6 Å². The molecule has 0 atom stereocenters. The van der Waals surface area contributed by atoms with Gasteiger partial charge in [0.15, 0.2) is 0 Å². The predicted molar refractivity (Wildman–Crippen MR) is 80.8 cm³/mol. The lowest BCUT2D eigenvalue weighted by atomic mass is 10.1. The van der Waals surface area contributed by atoms with Gasteiger partial charge in [0.25, 0.3) is 0 Å². The Bertz CT molecular complexity index is 474. The van der Waals surface area contributed by atoms with E-state index in [1.807, 2.05) is 91.9 Å². The lowest BCUT2D eigenvalue weighted by Crippen LogP contribution is -1.94. The predicted octanol–water partition coefficient (Wildman–Crippen LogP) is 4.23. The highest BCUT2D eigenvalue weighted by Gasteiger charge is 1.90. The normalized spacial score (nSPS) is 13.5. The molecule has 0 heterocycles. The van der Waals surface area contributed by atoms with Gasteiger partial charge in [-0.1, -0.05) is 78.9 Å². The SMILES string of the molecule is C/C=C/C=C/C=C\C=C/C=C(\N)c1ccccc1. The first-order valence-electron chi connectivity index (χ1n) is 5.98. The fraction of sp³-hybridized carbons (Fsp3) is 0.0588. The summed E-state index contributed by atoms with van der Waals surface area (Å²) in [5.74, 6) is 0. The molecule has 0 aliphatic heterocycles. The number of nitrogens with two attached hydrogens (primary N) is 1. The van der Waals surface area contributed by atoms with Crippen LogP contribution in [0.4, 0.5) is 0 Å². The number of hydrogen-bond donors (Lipinski definition) is 1. The van der Waals surface area contributed by atoms with E-state index in [2.05, 4.69) is 0 Å². The Kier molecular flexibility index (Phi) is 6.76. The van der Waals surface area contributed by atoms with Crippen LogP contribution >= 0.6 is 0 Å². The summed E-state index contributed by atoms with van der Waals surface area (Å²) >= 11 is 0. The molecule has 0 amide bonds. The van der Waals surface area contributed by atoms with E-state index < -0.39 is 0 Å². The van der Waals surface area contributed by atoms with Gasteiger partial charge in [0, 0.05) is 5.70 Å². The molecule has 0 aliphatic carbocycles.